The molecular weight excluding hydrogens is 310 g/mol. The number of hydrogen-bond acceptors (Lipinski definition) is 5. The molecule has 2 aliphatic rings. The smallest absolute Gasteiger partial charge is 0.246 e. The van der Waals surface area contributed by atoms with Crippen molar-refractivity contribution in [3.63, 3.8) is 0 Å². The van der Waals surface area contributed by atoms with Gasteiger partial charge in [0, 0.05) is 6.42 Å². The van der Waals surface area contributed by atoms with Gasteiger partial charge in [0.1, 0.15) is 19.0 Å². The highest BCUT2D eigenvalue weighted by Gasteiger charge is 2.46. The first kappa shape index (κ1) is 17.2. The molecule has 1 heterocycles. The van der Waals surface area contributed by atoms with Crippen LogP contribution in [0.15, 0.2) is 30.3 Å². The second-order valence-electron chi connectivity index (χ2n) is 6.09. The summed E-state index contributed by atoms with van der Waals surface area (Å²) in [7, 11) is 0. The number of carbonyl (C=O) groups is 1. The third kappa shape index (κ3) is 4.47. The summed E-state index contributed by atoms with van der Waals surface area (Å²) in [5, 5.41) is 3.01. The maximum atomic E-state index is 12.1. The zero-order valence-corrected chi connectivity index (χ0v) is 13.9. The van der Waals surface area contributed by atoms with Gasteiger partial charge in [-0.3, -0.25) is 4.79 Å². The molecule has 0 aromatic heterocycles. The lowest BCUT2D eigenvalue weighted by atomic mass is 9.89. The van der Waals surface area contributed by atoms with Crippen LogP contribution in [0.4, 0.5) is 0 Å². The molecule has 6 heteroatoms. The zero-order valence-electron chi connectivity index (χ0n) is 13.9. The van der Waals surface area contributed by atoms with Crippen molar-refractivity contribution in [2.75, 3.05) is 33.0 Å². The number of nitrogens with one attached hydrogen (secondary N) is 1. The summed E-state index contributed by atoms with van der Waals surface area (Å²) in [5.74, 6) is 0.0370. The third-order valence-corrected chi connectivity index (χ3v) is 4.38. The van der Waals surface area contributed by atoms with E-state index in [1.807, 2.05) is 30.3 Å². The highest BCUT2D eigenvalue weighted by atomic mass is 16.7. The minimum atomic E-state index is -0.621. The van der Waals surface area contributed by atoms with Crippen LogP contribution in [0.1, 0.15) is 25.7 Å². The van der Waals surface area contributed by atoms with Crippen LogP contribution in [0.25, 0.3) is 0 Å². The Kier molecular flexibility index (Phi) is 6.07. The topological polar surface area (TPSA) is 66.0 Å². The molecule has 0 radical (unpaired) electrons. The second-order valence-corrected chi connectivity index (χ2v) is 6.09. The van der Waals surface area contributed by atoms with Gasteiger partial charge in [0.05, 0.1) is 25.9 Å². The van der Waals surface area contributed by atoms with Crippen LogP contribution < -0.4 is 10.1 Å². The maximum Gasteiger partial charge on any atom is 0.246 e. The van der Waals surface area contributed by atoms with Gasteiger partial charge in [0.15, 0.2) is 5.79 Å². The van der Waals surface area contributed by atoms with Crippen LogP contribution >= 0.6 is 0 Å². The number of amides is 1. The molecule has 1 unspecified atom stereocenters. The third-order valence-electron chi connectivity index (χ3n) is 4.38. The first-order valence-corrected chi connectivity index (χ1v) is 8.61. The lowest BCUT2D eigenvalue weighted by Gasteiger charge is -2.39. The summed E-state index contributed by atoms with van der Waals surface area (Å²) in [6, 6.07) is 9.44. The molecule has 1 saturated carbocycles. The minimum Gasteiger partial charge on any atom is -0.491 e. The quantitative estimate of drug-likeness (QED) is 0.771. The van der Waals surface area contributed by atoms with E-state index in [1.165, 1.54) is 0 Å². The van der Waals surface area contributed by atoms with E-state index in [0.29, 0.717) is 26.4 Å². The Labute approximate surface area is 142 Å². The number of rotatable bonds is 7. The van der Waals surface area contributed by atoms with Crippen molar-refractivity contribution in [2.45, 2.75) is 37.5 Å². The minimum absolute atomic E-state index is 0.0186. The average Bonchev–Trinajstić information content (AvgIpc) is 3.07. The molecule has 1 aromatic carbocycles. The molecule has 3 rings (SSSR count). The monoisotopic (exact) mass is 335 g/mol. The fourth-order valence-electron chi connectivity index (χ4n) is 3.25. The van der Waals surface area contributed by atoms with E-state index < -0.39 is 5.79 Å². The van der Waals surface area contributed by atoms with E-state index >= 15 is 0 Å². The number of hydrogen-bond donors (Lipinski definition) is 1. The largest absolute Gasteiger partial charge is 0.491 e. The Morgan fingerprint density at radius 2 is 1.96 bits per heavy atom. The van der Waals surface area contributed by atoms with Gasteiger partial charge in [0.2, 0.25) is 5.91 Å². The van der Waals surface area contributed by atoms with Crippen molar-refractivity contribution >= 4 is 5.91 Å². The van der Waals surface area contributed by atoms with Crippen LogP contribution in [-0.2, 0) is 19.0 Å². The van der Waals surface area contributed by atoms with E-state index in [-0.39, 0.29) is 18.6 Å². The predicted octanol–water partition coefficient (Wildman–Crippen LogP) is 1.88. The fourth-order valence-corrected chi connectivity index (χ4v) is 3.25. The summed E-state index contributed by atoms with van der Waals surface area (Å²) in [6.45, 7) is 1.99. The number of carbonyl (C=O) groups excluding carboxylic acids is 1. The van der Waals surface area contributed by atoms with Gasteiger partial charge in [-0.2, -0.15) is 0 Å². The first-order valence-electron chi connectivity index (χ1n) is 8.61. The van der Waals surface area contributed by atoms with Gasteiger partial charge in [-0.05, 0) is 25.0 Å². The lowest BCUT2D eigenvalue weighted by Crippen LogP contribution is -2.55. The molecule has 1 spiro atoms. The molecule has 132 valence electrons. The number of para-hydroxylation sites is 1. The molecule has 1 atom stereocenters. The zero-order chi connectivity index (χ0) is 16.7. The van der Waals surface area contributed by atoms with Crippen molar-refractivity contribution < 1.29 is 23.7 Å². The first-order chi connectivity index (χ1) is 11.8. The Bertz CT molecular complexity index is 515. The molecule has 1 amide bonds. The SMILES string of the molecule is O=C(COCCOc1ccccc1)NC1CCCCC12OCCO2. The number of ether oxygens (including phenoxy) is 4. The normalized spacial score (nSPS) is 22.4. The fraction of sp³-hybridized carbons (Fsp3) is 0.611. The molecule has 24 heavy (non-hydrogen) atoms. The van der Waals surface area contributed by atoms with Gasteiger partial charge < -0.3 is 24.3 Å². The Morgan fingerprint density at radius 1 is 1.17 bits per heavy atom. The maximum absolute atomic E-state index is 12.1. The van der Waals surface area contributed by atoms with Crippen molar-refractivity contribution in [3.8, 4) is 5.75 Å². The second kappa shape index (κ2) is 8.46. The molecule has 6 nitrogen and oxygen atoms in total. The van der Waals surface area contributed by atoms with E-state index in [2.05, 4.69) is 5.32 Å². The Morgan fingerprint density at radius 3 is 2.75 bits per heavy atom. The molecule has 1 aromatic rings. The van der Waals surface area contributed by atoms with E-state index in [1.54, 1.807) is 0 Å². The lowest BCUT2D eigenvalue weighted by molar-refractivity contribution is -0.196. The molecule has 1 N–H and O–H groups in total. The molecule has 1 saturated heterocycles. The Hall–Kier alpha value is -1.63. The van der Waals surface area contributed by atoms with Crippen molar-refractivity contribution in [2.24, 2.45) is 0 Å². The van der Waals surface area contributed by atoms with Gasteiger partial charge in [-0.15, -0.1) is 0 Å². The molecular formula is C18H25NO5. The summed E-state index contributed by atoms with van der Waals surface area (Å²) in [4.78, 5) is 12.1. The number of benzene rings is 1. The molecule has 0 bridgehead atoms. The standard InChI is InChI=1S/C18H25NO5/c20-17(14-21-10-11-22-15-6-2-1-3-7-15)19-16-8-4-5-9-18(16)23-12-13-24-18/h1-3,6-7,16H,4-5,8-14H2,(H,19,20). The van der Waals surface area contributed by atoms with E-state index in [4.69, 9.17) is 18.9 Å². The summed E-state index contributed by atoms with van der Waals surface area (Å²) >= 11 is 0. The highest BCUT2D eigenvalue weighted by Crippen LogP contribution is 2.35. The van der Waals surface area contributed by atoms with Gasteiger partial charge in [0.25, 0.3) is 0 Å². The summed E-state index contributed by atoms with van der Waals surface area (Å²) in [6.07, 6.45) is 3.86. The van der Waals surface area contributed by atoms with Crippen molar-refractivity contribution in [1.29, 1.82) is 0 Å². The van der Waals surface area contributed by atoms with E-state index in [9.17, 15) is 4.79 Å². The summed E-state index contributed by atoms with van der Waals surface area (Å²) in [5.41, 5.74) is 0. The molecule has 2 fully saturated rings. The van der Waals surface area contributed by atoms with Crippen molar-refractivity contribution in [1.82, 2.24) is 5.32 Å². The van der Waals surface area contributed by atoms with Gasteiger partial charge in [-0.25, -0.2) is 0 Å². The average molecular weight is 335 g/mol. The molecule has 1 aliphatic carbocycles. The van der Waals surface area contributed by atoms with E-state index in [0.717, 1.165) is 31.4 Å². The van der Waals surface area contributed by atoms with Crippen LogP contribution in [0.3, 0.4) is 0 Å². The van der Waals surface area contributed by atoms with Crippen LogP contribution in [0, 0.1) is 0 Å². The van der Waals surface area contributed by atoms with Crippen LogP contribution in [0.2, 0.25) is 0 Å². The Balaban J connectivity index is 1.35. The molecule has 1 aliphatic heterocycles. The van der Waals surface area contributed by atoms with Gasteiger partial charge >= 0.3 is 0 Å². The van der Waals surface area contributed by atoms with Crippen LogP contribution in [-0.4, -0.2) is 50.8 Å². The van der Waals surface area contributed by atoms with Crippen molar-refractivity contribution in [3.05, 3.63) is 30.3 Å². The predicted molar refractivity (Wildman–Crippen MR) is 87.8 cm³/mol. The van der Waals surface area contributed by atoms with Gasteiger partial charge in [-0.1, -0.05) is 24.6 Å². The summed E-state index contributed by atoms with van der Waals surface area (Å²) < 4.78 is 22.5. The highest BCUT2D eigenvalue weighted by molar-refractivity contribution is 5.77. The van der Waals surface area contributed by atoms with Crippen LogP contribution in [0.5, 0.6) is 5.75 Å².